The number of phenols is 5. The first kappa shape index (κ1) is 24.0. The molecule has 0 bridgehead atoms. The summed E-state index contributed by atoms with van der Waals surface area (Å²) in [5.74, 6) is -1.67. The molecule has 0 fully saturated rings. The maximum absolute atomic E-state index is 14.0. The average molecular weight is 542 g/mol. The molecule has 4 aromatic rings. The lowest BCUT2D eigenvalue weighted by Crippen LogP contribution is -2.40. The first-order chi connectivity index (χ1) is 19.2. The highest BCUT2D eigenvalue weighted by Gasteiger charge is 2.66. The molecule has 6 N–H and O–H groups in total. The van der Waals surface area contributed by atoms with E-state index in [-0.39, 0.29) is 63.4 Å². The van der Waals surface area contributed by atoms with Crippen molar-refractivity contribution >= 4 is 5.97 Å². The number of phenolic OH excluding ortho intramolecular Hbond substituents is 5. The van der Waals surface area contributed by atoms with Crippen molar-refractivity contribution in [1.29, 1.82) is 0 Å². The molecule has 10 heteroatoms. The third-order valence-electron chi connectivity index (χ3n) is 7.77. The molecule has 3 aliphatic rings. The first-order valence-electron chi connectivity index (χ1n) is 12.5. The van der Waals surface area contributed by atoms with Crippen LogP contribution in [0.15, 0.2) is 66.7 Å². The topological polar surface area (TPSA) is 166 Å². The second-order valence-corrected chi connectivity index (χ2v) is 10.1. The Labute approximate surface area is 226 Å². The van der Waals surface area contributed by atoms with Crippen LogP contribution in [0, 0.1) is 0 Å². The van der Waals surface area contributed by atoms with Gasteiger partial charge in [0.2, 0.25) is 0 Å². The molecule has 0 unspecified atom stereocenters. The van der Waals surface area contributed by atoms with E-state index in [0.717, 1.165) is 6.07 Å². The van der Waals surface area contributed by atoms with Crippen molar-refractivity contribution < 1.29 is 49.6 Å². The van der Waals surface area contributed by atoms with Gasteiger partial charge in [-0.2, -0.15) is 0 Å². The molecular formula is C30H22O10. The molecule has 202 valence electrons. The molecular weight excluding hydrogens is 520 g/mol. The van der Waals surface area contributed by atoms with Crippen LogP contribution < -0.4 is 14.2 Å². The summed E-state index contributed by atoms with van der Waals surface area (Å²) in [5, 5.41) is 62.8. The highest BCUT2D eigenvalue weighted by Crippen LogP contribution is 2.66. The maximum atomic E-state index is 14.0. The fraction of sp³-hybridized carbons (Fsp3) is 0.167. The highest BCUT2D eigenvalue weighted by atomic mass is 16.6. The monoisotopic (exact) mass is 542 g/mol. The molecule has 0 saturated carbocycles. The van der Waals surface area contributed by atoms with Crippen molar-refractivity contribution in [3.63, 3.8) is 0 Å². The molecule has 3 heterocycles. The molecule has 4 aromatic carbocycles. The van der Waals surface area contributed by atoms with Crippen molar-refractivity contribution in [2.75, 3.05) is 0 Å². The zero-order chi connectivity index (χ0) is 27.9. The van der Waals surface area contributed by atoms with Gasteiger partial charge in [-0.15, -0.1) is 0 Å². The first-order valence-corrected chi connectivity index (χ1v) is 12.5. The number of benzene rings is 4. The van der Waals surface area contributed by atoms with E-state index < -0.39 is 35.4 Å². The Morgan fingerprint density at radius 2 is 1.35 bits per heavy atom. The lowest BCUT2D eigenvalue weighted by molar-refractivity contribution is -0.139. The van der Waals surface area contributed by atoms with E-state index in [2.05, 4.69) is 0 Å². The van der Waals surface area contributed by atoms with Gasteiger partial charge in [-0.05, 0) is 35.4 Å². The van der Waals surface area contributed by atoms with Gasteiger partial charge in [-0.1, -0.05) is 24.3 Å². The lowest BCUT2D eigenvalue weighted by atomic mass is 9.69. The number of aromatic hydroxyl groups is 5. The zero-order valence-electron chi connectivity index (χ0n) is 20.6. The summed E-state index contributed by atoms with van der Waals surface area (Å²) in [6.07, 6.45) is -3.20. The molecule has 0 radical (unpaired) electrons. The minimum absolute atomic E-state index is 0.0143. The van der Waals surface area contributed by atoms with E-state index >= 15 is 0 Å². The third kappa shape index (κ3) is 3.16. The van der Waals surface area contributed by atoms with Crippen molar-refractivity contribution in [1.82, 2.24) is 0 Å². The van der Waals surface area contributed by atoms with Crippen LogP contribution in [0.4, 0.5) is 0 Å². The lowest BCUT2D eigenvalue weighted by Gasteiger charge is -2.35. The number of hydrogen-bond acceptors (Lipinski definition) is 10. The smallest absolute Gasteiger partial charge is 0.331 e. The summed E-state index contributed by atoms with van der Waals surface area (Å²) in [4.78, 5) is 14.0. The SMILES string of the molecule is O=C1Oc2cc(O)c3c(c2[C@]12c1c(O)cc(O)cc1O[C@@H]2c1ccc(O)cc1)O[C@@H](c1ccc(O)cc1)[C@H](O)C3. The van der Waals surface area contributed by atoms with Gasteiger partial charge in [0.15, 0.2) is 5.41 Å². The average Bonchev–Trinajstić information content (AvgIpc) is 3.40. The number of aliphatic hydroxyl groups excluding tert-OH is 1. The summed E-state index contributed by atoms with van der Waals surface area (Å²) in [7, 11) is 0. The van der Waals surface area contributed by atoms with Crippen LogP contribution in [0.3, 0.4) is 0 Å². The van der Waals surface area contributed by atoms with Crippen LogP contribution in [0.1, 0.15) is 40.0 Å². The molecule has 0 aromatic heterocycles. The number of ether oxygens (including phenoxy) is 3. The van der Waals surface area contributed by atoms with Gasteiger partial charge in [0.1, 0.15) is 58.2 Å². The third-order valence-corrected chi connectivity index (χ3v) is 7.77. The molecule has 0 aliphatic carbocycles. The normalized spacial score (nSPS) is 24.0. The number of fused-ring (bicyclic) bond motifs is 6. The number of esters is 1. The summed E-state index contributed by atoms with van der Waals surface area (Å²) in [6, 6.07) is 15.7. The van der Waals surface area contributed by atoms with Gasteiger partial charge < -0.3 is 44.8 Å². The Morgan fingerprint density at radius 3 is 2.02 bits per heavy atom. The van der Waals surface area contributed by atoms with Gasteiger partial charge in [0.25, 0.3) is 0 Å². The van der Waals surface area contributed by atoms with Crippen LogP contribution in [-0.2, 0) is 16.6 Å². The van der Waals surface area contributed by atoms with Crippen molar-refractivity contribution in [2.24, 2.45) is 0 Å². The fourth-order valence-corrected chi connectivity index (χ4v) is 6.06. The number of hydrogen-bond donors (Lipinski definition) is 6. The van der Waals surface area contributed by atoms with E-state index in [4.69, 9.17) is 14.2 Å². The maximum Gasteiger partial charge on any atom is 0.331 e. The molecule has 0 amide bonds. The van der Waals surface area contributed by atoms with Gasteiger partial charge in [-0.25, -0.2) is 0 Å². The molecule has 10 nitrogen and oxygen atoms in total. The van der Waals surface area contributed by atoms with E-state index in [1.54, 1.807) is 24.3 Å². The number of aliphatic hydroxyl groups is 1. The Hall–Kier alpha value is -5.09. The van der Waals surface area contributed by atoms with Crippen molar-refractivity contribution in [2.45, 2.75) is 30.1 Å². The summed E-state index contributed by atoms with van der Waals surface area (Å²) < 4.78 is 18.3. The molecule has 3 aliphatic heterocycles. The Morgan fingerprint density at radius 1 is 0.700 bits per heavy atom. The van der Waals surface area contributed by atoms with E-state index in [1.165, 1.54) is 36.4 Å². The van der Waals surface area contributed by atoms with Crippen LogP contribution in [0.2, 0.25) is 0 Å². The summed E-state index contributed by atoms with van der Waals surface area (Å²) >= 11 is 0. The fourth-order valence-electron chi connectivity index (χ4n) is 6.06. The Kier molecular flexibility index (Phi) is 4.92. The molecule has 7 rings (SSSR count). The van der Waals surface area contributed by atoms with Crippen LogP contribution >= 0.6 is 0 Å². The minimum atomic E-state index is -1.85. The van der Waals surface area contributed by atoms with Gasteiger partial charge in [0.05, 0.1) is 17.2 Å². The predicted octanol–water partition coefficient (Wildman–Crippen LogP) is 3.59. The quantitative estimate of drug-likeness (QED) is 0.163. The van der Waals surface area contributed by atoms with Crippen molar-refractivity contribution in [3.8, 4) is 46.0 Å². The number of carbonyl (C=O) groups is 1. The van der Waals surface area contributed by atoms with Crippen LogP contribution in [0.25, 0.3) is 0 Å². The second kappa shape index (κ2) is 8.20. The predicted molar refractivity (Wildman–Crippen MR) is 137 cm³/mol. The Balaban J connectivity index is 1.51. The van der Waals surface area contributed by atoms with Gasteiger partial charge in [-0.3, -0.25) is 4.79 Å². The summed E-state index contributed by atoms with van der Waals surface area (Å²) in [6.45, 7) is 0. The highest BCUT2D eigenvalue weighted by molar-refractivity contribution is 6.00. The van der Waals surface area contributed by atoms with Gasteiger partial charge >= 0.3 is 5.97 Å². The van der Waals surface area contributed by atoms with Crippen LogP contribution in [-0.4, -0.2) is 42.7 Å². The molecule has 1 spiro atoms. The summed E-state index contributed by atoms with van der Waals surface area (Å²) in [5.41, 5.74) is -0.410. The van der Waals surface area contributed by atoms with E-state index in [1.807, 2.05) is 0 Å². The number of rotatable bonds is 2. The second-order valence-electron chi connectivity index (χ2n) is 10.1. The molecule has 40 heavy (non-hydrogen) atoms. The van der Waals surface area contributed by atoms with E-state index in [0.29, 0.717) is 11.1 Å². The minimum Gasteiger partial charge on any atom is -0.508 e. The number of carbonyl (C=O) groups excluding carboxylic acids is 1. The molecule has 0 saturated heterocycles. The standard InChI is InChI=1S/C30H22O10/c31-15-5-1-13(2-6-15)26-21(36)11-18-19(34)12-23-25(27(18)40-26)30(29(37)39-23)24-20(35)9-17(33)10-22(24)38-28(30)14-3-7-16(32)8-4-14/h1-10,12,21,26,28,31-36H,11H2/t21-,26+,28-,30+/m1/s1. The molecule has 4 atom stereocenters. The Bertz CT molecular complexity index is 1700. The van der Waals surface area contributed by atoms with Crippen LogP contribution in [0.5, 0.6) is 46.0 Å². The largest absolute Gasteiger partial charge is 0.508 e. The zero-order valence-corrected chi connectivity index (χ0v) is 20.6. The van der Waals surface area contributed by atoms with Crippen molar-refractivity contribution in [3.05, 3.63) is 94.5 Å². The van der Waals surface area contributed by atoms with E-state index in [9.17, 15) is 35.4 Å². The van der Waals surface area contributed by atoms with Gasteiger partial charge in [0, 0.05) is 30.2 Å².